The van der Waals surface area contributed by atoms with Gasteiger partial charge in [0, 0.05) is 0 Å². The van der Waals surface area contributed by atoms with Gasteiger partial charge in [-0.05, 0) is 50.5 Å². The van der Waals surface area contributed by atoms with Gasteiger partial charge in [0.2, 0.25) is 15.9 Å². The molecular weight excluding hydrogens is 400 g/mol. The molecular formula is C22H26N4O3S. The Kier molecular flexibility index (Phi) is 4.94. The number of imidazole rings is 1. The van der Waals surface area contributed by atoms with E-state index in [0.29, 0.717) is 17.8 Å². The molecule has 8 heteroatoms. The van der Waals surface area contributed by atoms with Gasteiger partial charge in [0.05, 0.1) is 29.0 Å². The summed E-state index contributed by atoms with van der Waals surface area (Å²) in [5, 5.41) is -0.845. The van der Waals surface area contributed by atoms with Crippen LogP contribution < -0.4 is 5.73 Å². The average Bonchev–Trinajstić information content (AvgIpc) is 3.19. The molecule has 0 spiro atoms. The molecule has 30 heavy (non-hydrogen) atoms. The molecule has 1 aliphatic heterocycles. The van der Waals surface area contributed by atoms with Gasteiger partial charge in [-0.2, -0.15) is 0 Å². The van der Waals surface area contributed by atoms with Crippen molar-refractivity contribution in [1.29, 1.82) is 0 Å². The number of nitrogens with two attached hydrogens (primary N) is 1. The summed E-state index contributed by atoms with van der Waals surface area (Å²) in [6, 6.07) is 14.8. The van der Waals surface area contributed by atoms with E-state index in [-0.39, 0.29) is 18.4 Å². The normalized spacial score (nSPS) is 20.1. The number of amides is 1. The highest BCUT2D eigenvalue weighted by molar-refractivity contribution is 7.90. The molecule has 1 unspecified atom stereocenters. The zero-order valence-electron chi connectivity index (χ0n) is 17.3. The molecule has 2 atom stereocenters. The number of para-hydroxylation sites is 2. The number of aromatic nitrogens is 2. The van der Waals surface area contributed by atoms with Crippen LogP contribution in [0.3, 0.4) is 0 Å². The van der Waals surface area contributed by atoms with E-state index in [1.54, 1.807) is 32.9 Å². The molecule has 2 heterocycles. The molecule has 1 aliphatic rings. The van der Waals surface area contributed by atoms with Crippen molar-refractivity contribution in [2.45, 2.75) is 50.4 Å². The van der Waals surface area contributed by atoms with E-state index < -0.39 is 20.8 Å². The summed E-state index contributed by atoms with van der Waals surface area (Å²) >= 11 is 0. The number of rotatable bonds is 4. The number of carbonyl (C=O) groups is 1. The molecule has 158 valence electrons. The number of aromatic amines is 1. The van der Waals surface area contributed by atoms with Gasteiger partial charge in [0.25, 0.3) is 0 Å². The van der Waals surface area contributed by atoms with Crippen LogP contribution in [0.1, 0.15) is 55.4 Å². The number of nitrogens with zero attached hydrogens (tertiary/aromatic N) is 2. The molecule has 0 bridgehead atoms. The maximum Gasteiger partial charge on any atom is 0.245 e. The Bertz CT molecular complexity index is 1160. The molecule has 0 aliphatic carbocycles. The highest BCUT2D eigenvalue weighted by Crippen LogP contribution is 2.40. The summed E-state index contributed by atoms with van der Waals surface area (Å²) in [6.45, 7) is 5.19. The molecule has 2 aromatic carbocycles. The van der Waals surface area contributed by atoms with Crippen LogP contribution in [0, 0.1) is 0 Å². The largest absolute Gasteiger partial charge is 0.341 e. The van der Waals surface area contributed by atoms with Gasteiger partial charge in [-0.15, -0.1) is 0 Å². The van der Waals surface area contributed by atoms with Gasteiger partial charge >= 0.3 is 0 Å². The smallest absolute Gasteiger partial charge is 0.245 e. The Morgan fingerprint density at radius 3 is 2.43 bits per heavy atom. The van der Waals surface area contributed by atoms with Crippen LogP contribution in [0.25, 0.3) is 11.0 Å². The maximum absolute atomic E-state index is 13.0. The fourth-order valence-electron chi connectivity index (χ4n) is 4.03. The van der Waals surface area contributed by atoms with E-state index in [2.05, 4.69) is 9.97 Å². The first kappa shape index (κ1) is 20.6. The molecule has 1 amide bonds. The van der Waals surface area contributed by atoms with E-state index in [0.717, 1.165) is 20.9 Å². The number of nitrogens with one attached hydrogen (secondary N) is 1. The lowest BCUT2D eigenvalue weighted by molar-refractivity contribution is -0.128. The third-order valence-electron chi connectivity index (χ3n) is 5.38. The Labute approximate surface area is 176 Å². The number of hydrogen-bond acceptors (Lipinski definition) is 5. The monoisotopic (exact) mass is 426 g/mol. The fourth-order valence-corrected chi connectivity index (χ4v) is 6.26. The lowest BCUT2D eigenvalue weighted by Gasteiger charge is -2.30. The Hall–Kier alpha value is -2.71. The number of sulfonamides is 1. The molecule has 3 N–H and O–H groups in total. The molecule has 1 saturated heterocycles. The molecule has 4 rings (SSSR count). The van der Waals surface area contributed by atoms with E-state index in [1.807, 2.05) is 36.4 Å². The lowest BCUT2D eigenvalue weighted by atomic mass is 10.0. The van der Waals surface area contributed by atoms with Crippen LogP contribution in [-0.2, 0) is 21.2 Å². The third kappa shape index (κ3) is 3.61. The first-order chi connectivity index (χ1) is 14.1. The van der Waals surface area contributed by atoms with E-state index in [9.17, 15) is 13.2 Å². The SMILES string of the molecule is CC(C)(C)N1C(=O)CC(c2ccc(C[C@H](N)c3nc4ccccc4[nH]3)cc2)S1(=O)=O. The summed E-state index contributed by atoms with van der Waals surface area (Å²) in [5.41, 5.74) is 8.97. The first-order valence-corrected chi connectivity index (χ1v) is 11.4. The predicted octanol–water partition coefficient (Wildman–Crippen LogP) is 3.21. The minimum absolute atomic E-state index is 0.0303. The molecule has 3 aromatic rings. The summed E-state index contributed by atoms with van der Waals surface area (Å²) in [7, 11) is -3.74. The van der Waals surface area contributed by atoms with Crippen molar-refractivity contribution >= 4 is 27.0 Å². The van der Waals surface area contributed by atoms with Gasteiger partial charge in [-0.1, -0.05) is 36.4 Å². The van der Waals surface area contributed by atoms with Crippen LogP contribution in [0.5, 0.6) is 0 Å². The Balaban J connectivity index is 1.52. The van der Waals surface area contributed by atoms with E-state index in [4.69, 9.17) is 5.73 Å². The second-order valence-electron chi connectivity index (χ2n) is 8.76. The van der Waals surface area contributed by atoms with Crippen molar-refractivity contribution in [1.82, 2.24) is 14.3 Å². The van der Waals surface area contributed by atoms with Crippen LogP contribution >= 0.6 is 0 Å². The minimum Gasteiger partial charge on any atom is -0.341 e. The Morgan fingerprint density at radius 1 is 1.17 bits per heavy atom. The second-order valence-corrected chi connectivity index (χ2v) is 10.7. The second kappa shape index (κ2) is 7.21. The van der Waals surface area contributed by atoms with Crippen LogP contribution in [0.15, 0.2) is 48.5 Å². The number of hydrogen-bond donors (Lipinski definition) is 2. The molecule has 0 saturated carbocycles. The summed E-state index contributed by atoms with van der Waals surface area (Å²) in [5.74, 6) is 0.355. The van der Waals surface area contributed by atoms with Gasteiger partial charge in [0.1, 0.15) is 11.1 Å². The summed E-state index contributed by atoms with van der Waals surface area (Å²) in [6.07, 6.45) is 0.530. The average molecular weight is 427 g/mol. The van der Waals surface area contributed by atoms with Crippen molar-refractivity contribution in [3.63, 3.8) is 0 Å². The molecule has 0 radical (unpaired) electrons. The first-order valence-electron chi connectivity index (χ1n) is 9.93. The number of fused-ring (bicyclic) bond motifs is 1. The summed E-state index contributed by atoms with van der Waals surface area (Å²) in [4.78, 5) is 20.2. The fraction of sp³-hybridized carbons (Fsp3) is 0.364. The van der Waals surface area contributed by atoms with Crippen molar-refractivity contribution in [3.05, 3.63) is 65.5 Å². The lowest BCUT2D eigenvalue weighted by Crippen LogP contribution is -2.45. The molecule has 1 aromatic heterocycles. The summed E-state index contributed by atoms with van der Waals surface area (Å²) < 4.78 is 26.9. The van der Waals surface area contributed by atoms with Gasteiger partial charge < -0.3 is 10.7 Å². The van der Waals surface area contributed by atoms with Gasteiger partial charge in [-0.3, -0.25) is 4.79 Å². The third-order valence-corrected chi connectivity index (χ3v) is 7.79. The molecule has 1 fully saturated rings. The zero-order valence-corrected chi connectivity index (χ0v) is 18.1. The van der Waals surface area contributed by atoms with Crippen molar-refractivity contribution < 1.29 is 13.2 Å². The van der Waals surface area contributed by atoms with Crippen molar-refractivity contribution in [2.75, 3.05) is 0 Å². The van der Waals surface area contributed by atoms with Crippen molar-refractivity contribution in [3.8, 4) is 0 Å². The van der Waals surface area contributed by atoms with Gasteiger partial charge in [-0.25, -0.2) is 17.7 Å². The topological polar surface area (TPSA) is 109 Å². The minimum atomic E-state index is -3.74. The quantitative estimate of drug-likeness (QED) is 0.666. The highest BCUT2D eigenvalue weighted by Gasteiger charge is 2.49. The number of H-pyrrole nitrogens is 1. The standard InChI is InChI=1S/C22H26N4O3S/c1-22(2,3)26-20(27)13-19(30(26,28)29)15-10-8-14(9-11-15)12-16(23)21-24-17-6-4-5-7-18(17)25-21/h4-11,16,19H,12-13,23H2,1-3H3,(H,24,25)/t16-,19?/m0/s1. The number of benzene rings is 2. The molecule has 7 nitrogen and oxygen atoms in total. The zero-order chi connectivity index (χ0) is 21.7. The van der Waals surface area contributed by atoms with E-state index in [1.165, 1.54) is 0 Å². The van der Waals surface area contributed by atoms with Crippen LogP contribution in [0.2, 0.25) is 0 Å². The van der Waals surface area contributed by atoms with Gasteiger partial charge in [0.15, 0.2) is 0 Å². The maximum atomic E-state index is 13.0. The van der Waals surface area contributed by atoms with Crippen molar-refractivity contribution in [2.24, 2.45) is 5.73 Å². The van der Waals surface area contributed by atoms with E-state index >= 15 is 0 Å². The number of carbonyl (C=O) groups excluding carboxylic acids is 1. The Morgan fingerprint density at radius 2 is 1.83 bits per heavy atom. The van der Waals surface area contributed by atoms with Crippen LogP contribution in [-0.4, -0.2) is 34.1 Å². The predicted molar refractivity (Wildman–Crippen MR) is 116 cm³/mol. The highest BCUT2D eigenvalue weighted by atomic mass is 32.2. The van der Waals surface area contributed by atoms with Crippen LogP contribution in [0.4, 0.5) is 0 Å².